The van der Waals surface area contributed by atoms with E-state index in [1.807, 2.05) is 12.1 Å². The average Bonchev–Trinajstić information content (AvgIpc) is 2.82. The van der Waals surface area contributed by atoms with Gasteiger partial charge in [-0.05, 0) is 12.8 Å². The lowest BCUT2D eigenvalue weighted by Crippen LogP contribution is -2.41. The first kappa shape index (κ1) is 10.0. The molecular formula is C14H11NO3. The second kappa shape index (κ2) is 3.09. The van der Waals surface area contributed by atoms with E-state index >= 15 is 0 Å². The number of ketones is 1. The number of fused-ring (bicyclic) bond motifs is 2. The van der Waals surface area contributed by atoms with Crippen molar-refractivity contribution < 1.29 is 14.4 Å². The van der Waals surface area contributed by atoms with Crippen molar-refractivity contribution in [3.8, 4) is 11.3 Å². The predicted molar refractivity (Wildman–Crippen MR) is 63.1 cm³/mol. The lowest BCUT2D eigenvalue weighted by molar-refractivity contribution is 0.0186. The molecule has 2 aromatic rings. The highest BCUT2D eigenvalue weighted by Crippen LogP contribution is 2.47. The molecule has 1 atom stereocenters. The van der Waals surface area contributed by atoms with Gasteiger partial charge in [0.2, 0.25) is 0 Å². The predicted octanol–water partition coefficient (Wildman–Crippen LogP) is 2.06. The molecule has 0 saturated heterocycles. The number of hydrogen-bond acceptors (Lipinski definition) is 4. The fraction of sp³-hybridized carbons (Fsp3) is 0.286. The van der Waals surface area contributed by atoms with Crippen LogP contribution >= 0.6 is 0 Å². The Kier molecular flexibility index (Phi) is 1.72. The Morgan fingerprint density at radius 2 is 2.06 bits per heavy atom. The summed E-state index contributed by atoms with van der Waals surface area (Å²) in [5.41, 5.74) is 1.09. The third-order valence-corrected chi connectivity index (χ3v) is 3.92. The van der Waals surface area contributed by atoms with Crippen LogP contribution < -0.4 is 0 Å². The van der Waals surface area contributed by atoms with E-state index in [0.717, 1.165) is 18.4 Å². The molecule has 4 nitrogen and oxygen atoms in total. The minimum absolute atomic E-state index is 0.227. The molecule has 0 aliphatic heterocycles. The molecular weight excluding hydrogens is 230 g/mol. The molecule has 0 fully saturated rings. The highest BCUT2D eigenvalue weighted by molar-refractivity contribution is 6.11. The number of benzene rings is 1. The zero-order valence-electron chi connectivity index (χ0n) is 9.64. The van der Waals surface area contributed by atoms with Crippen LogP contribution in [0.1, 0.15) is 34.5 Å². The van der Waals surface area contributed by atoms with Crippen LogP contribution in [0.25, 0.3) is 11.3 Å². The Balaban J connectivity index is 2.13. The van der Waals surface area contributed by atoms with E-state index in [-0.39, 0.29) is 5.78 Å². The van der Waals surface area contributed by atoms with Gasteiger partial charge in [0, 0.05) is 17.5 Å². The zero-order chi connectivity index (χ0) is 12.3. The molecule has 0 radical (unpaired) electrons. The van der Waals surface area contributed by atoms with Crippen molar-refractivity contribution in [3.63, 3.8) is 0 Å². The normalized spacial score (nSPS) is 24.6. The lowest BCUT2D eigenvalue weighted by atomic mass is 9.71. The van der Waals surface area contributed by atoms with Gasteiger partial charge in [-0.25, -0.2) is 0 Å². The van der Waals surface area contributed by atoms with Crippen LogP contribution in [0.5, 0.6) is 0 Å². The summed E-state index contributed by atoms with van der Waals surface area (Å²) in [5, 5.41) is 14.8. The van der Waals surface area contributed by atoms with Crippen molar-refractivity contribution in [1.82, 2.24) is 5.16 Å². The van der Waals surface area contributed by atoms with Gasteiger partial charge in [0.15, 0.2) is 11.4 Å². The molecule has 4 rings (SSSR count). The quantitative estimate of drug-likeness (QED) is 0.766. The van der Waals surface area contributed by atoms with E-state index in [2.05, 4.69) is 5.16 Å². The molecule has 0 amide bonds. The summed E-state index contributed by atoms with van der Waals surface area (Å²) in [6.07, 6.45) is 1.92. The van der Waals surface area contributed by atoms with E-state index in [9.17, 15) is 9.90 Å². The third-order valence-electron chi connectivity index (χ3n) is 3.92. The molecule has 0 bridgehead atoms. The van der Waals surface area contributed by atoms with Crippen LogP contribution in [0.2, 0.25) is 0 Å². The summed E-state index contributed by atoms with van der Waals surface area (Å²) >= 11 is 0. The van der Waals surface area contributed by atoms with Gasteiger partial charge < -0.3 is 9.63 Å². The number of aliphatic hydroxyl groups is 1. The van der Waals surface area contributed by atoms with Gasteiger partial charge in [-0.3, -0.25) is 4.79 Å². The van der Waals surface area contributed by atoms with Crippen molar-refractivity contribution in [2.45, 2.75) is 24.9 Å². The third kappa shape index (κ3) is 0.996. The van der Waals surface area contributed by atoms with Gasteiger partial charge in [-0.2, -0.15) is 0 Å². The summed E-state index contributed by atoms with van der Waals surface area (Å²) in [4.78, 5) is 12.5. The first-order valence-electron chi connectivity index (χ1n) is 6.07. The Labute approximate surface area is 103 Å². The highest BCUT2D eigenvalue weighted by atomic mass is 16.5. The van der Waals surface area contributed by atoms with Crippen molar-refractivity contribution in [1.29, 1.82) is 0 Å². The Bertz CT molecular complexity index is 673. The van der Waals surface area contributed by atoms with Gasteiger partial charge in [0.25, 0.3) is 0 Å². The minimum atomic E-state index is -1.43. The monoisotopic (exact) mass is 241 g/mol. The minimum Gasteiger partial charge on any atom is -0.377 e. The number of aromatic nitrogens is 1. The fourth-order valence-electron chi connectivity index (χ4n) is 3.07. The van der Waals surface area contributed by atoms with Crippen LogP contribution in [0.3, 0.4) is 0 Å². The molecule has 90 valence electrons. The van der Waals surface area contributed by atoms with Crippen LogP contribution in [0.4, 0.5) is 0 Å². The smallest absolute Gasteiger partial charge is 0.199 e. The molecule has 1 heterocycles. The van der Waals surface area contributed by atoms with Crippen LogP contribution in [-0.2, 0) is 12.0 Å². The molecule has 2 aliphatic carbocycles. The summed E-state index contributed by atoms with van der Waals surface area (Å²) < 4.78 is 5.30. The van der Waals surface area contributed by atoms with E-state index in [1.54, 1.807) is 12.1 Å². The SMILES string of the molecule is O=C1c2ccccc2-c2noc3c2[C@]1(O)CCC3. The van der Waals surface area contributed by atoms with Gasteiger partial charge >= 0.3 is 0 Å². The second-order valence-corrected chi connectivity index (χ2v) is 4.92. The maximum atomic E-state index is 12.5. The van der Waals surface area contributed by atoms with E-state index in [1.165, 1.54) is 0 Å². The number of carbonyl (C=O) groups excluding carboxylic acids is 1. The summed E-state index contributed by atoms with van der Waals surface area (Å²) in [5.74, 6) is 0.427. The maximum Gasteiger partial charge on any atom is 0.199 e. The molecule has 1 aromatic carbocycles. The number of Topliss-reactive ketones (excluding diaryl/α,β-unsaturated/α-hetero) is 1. The zero-order valence-corrected chi connectivity index (χ0v) is 9.64. The summed E-state index contributed by atoms with van der Waals surface area (Å²) in [7, 11) is 0. The van der Waals surface area contributed by atoms with Gasteiger partial charge in [-0.1, -0.05) is 29.4 Å². The Morgan fingerprint density at radius 3 is 2.89 bits per heavy atom. The fourth-order valence-corrected chi connectivity index (χ4v) is 3.07. The Morgan fingerprint density at radius 1 is 1.28 bits per heavy atom. The van der Waals surface area contributed by atoms with Gasteiger partial charge in [-0.15, -0.1) is 0 Å². The van der Waals surface area contributed by atoms with E-state index < -0.39 is 5.60 Å². The molecule has 0 spiro atoms. The molecule has 4 heteroatoms. The first-order valence-corrected chi connectivity index (χ1v) is 6.07. The van der Waals surface area contributed by atoms with Crippen LogP contribution in [-0.4, -0.2) is 16.0 Å². The maximum absolute atomic E-state index is 12.5. The standard InChI is InChI=1S/C14H11NO3/c16-13-9-5-2-1-4-8(9)12-11-10(18-15-12)6-3-7-14(11,13)17/h1-2,4-5,17H,3,6-7H2/t14-/m1/s1. The number of nitrogens with zero attached hydrogens (tertiary/aromatic N) is 1. The van der Waals surface area contributed by atoms with Crippen LogP contribution in [0, 0.1) is 0 Å². The van der Waals surface area contributed by atoms with Crippen molar-refractivity contribution >= 4 is 5.78 Å². The number of rotatable bonds is 0. The van der Waals surface area contributed by atoms with E-state index in [0.29, 0.717) is 29.0 Å². The molecule has 2 aliphatic rings. The highest BCUT2D eigenvalue weighted by Gasteiger charge is 2.50. The van der Waals surface area contributed by atoms with Crippen molar-refractivity contribution in [2.24, 2.45) is 0 Å². The molecule has 18 heavy (non-hydrogen) atoms. The number of aryl methyl sites for hydroxylation is 1. The average molecular weight is 241 g/mol. The van der Waals surface area contributed by atoms with Crippen molar-refractivity contribution in [3.05, 3.63) is 41.2 Å². The molecule has 0 unspecified atom stereocenters. The van der Waals surface area contributed by atoms with E-state index in [4.69, 9.17) is 4.52 Å². The first-order chi connectivity index (χ1) is 8.72. The van der Waals surface area contributed by atoms with Crippen LogP contribution in [0.15, 0.2) is 28.8 Å². The second-order valence-electron chi connectivity index (χ2n) is 4.92. The number of carbonyl (C=O) groups is 1. The Hall–Kier alpha value is -1.94. The summed E-state index contributed by atoms with van der Waals surface area (Å²) in [6.45, 7) is 0. The van der Waals surface area contributed by atoms with Gasteiger partial charge in [0.05, 0.1) is 5.56 Å². The van der Waals surface area contributed by atoms with Crippen molar-refractivity contribution in [2.75, 3.05) is 0 Å². The molecule has 1 aromatic heterocycles. The lowest BCUT2D eigenvalue weighted by Gasteiger charge is -2.34. The van der Waals surface area contributed by atoms with Gasteiger partial charge in [0.1, 0.15) is 11.5 Å². The topological polar surface area (TPSA) is 63.3 Å². The largest absolute Gasteiger partial charge is 0.377 e. The number of hydrogen-bond donors (Lipinski definition) is 1. The molecule has 0 saturated carbocycles. The molecule has 1 N–H and O–H groups in total. The summed E-state index contributed by atoms with van der Waals surface area (Å²) in [6, 6.07) is 7.25.